The molecule has 0 saturated heterocycles. The average Bonchev–Trinajstić information content (AvgIpc) is 2.61. The average molecular weight is 324 g/mol. The van der Waals surface area contributed by atoms with Crippen LogP contribution in [0.15, 0.2) is 67.1 Å². The summed E-state index contributed by atoms with van der Waals surface area (Å²) in [6.07, 6.45) is 5.20. The number of nitrogens with one attached hydrogen (secondary N) is 1. The van der Waals surface area contributed by atoms with Crippen LogP contribution in [0.5, 0.6) is 0 Å². The summed E-state index contributed by atoms with van der Waals surface area (Å²) in [7, 11) is 0. The Morgan fingerprint density at radius 2 is 1.83 bits per heavy atom. The van der Waals surface area contributed by atoms with Gasteiger partial charge in [0.25, 0.3) is 5.91 Å². The number of hydrogen-bond donors (Lipinski definition) is 1. The smallest absolute Gasteiger partial charge is 0.251 e. The van der Waals surface area contributed by atoms with Crippen LogP contribution in [0, 0.1) is 0 Å². The van der Waals surface area contributed by atoms with Crippen molar-refractivity contribution < 1.29 is 4.79 Å². The van der Waals surface area contributed by atoms with E-state index >= 15 is 0 Å². The summed E-state index contributed by atoms with van der Waals surface area (Å²) in [4.78, 5) is 20.7. The monoisotopic (exact) mass is 323 g/mol. The summed E-state index contributed by atoms with van der Waals surface area (Å²) < 4.78 is 0. The fraction of sp³-hybridized carbons (Fsp3) is 0.0556. The number of carbonyl (C=O) groups excluding carboxylic acids is 1. The lowest BCUT2D eigenvalue weighted by atomic mass is 10.1. The van der Waals surface area contributed by atoms with Crippen molar-refractivity contribution in [3.8, 4) is 11.3 Å². The molecule has 1 amide bonds. The van der Waals surface area contributed by atoms with Crippen molar-refractivity contribution in [3.63, 3.8) is 0 Å². The van der Waals surface area contributed by atoms with Crippen molar-refractivity contribution in [3.05, 3.63) is 83.3 Å². The maximum absolute atomic E-state index is 12.2. The van der Waals surface area contributed by atoms with Gasteiger partial charge in [-0.3, -0.25) is 14.8 Å². The Labute approximate surface area is 139 Å². The standard InChI is InChI=1S/C18H14ClN3O/c19-16-7-5-13(6-8-16)18(23)22-12-15-4-2-10-21-17(15)14-3-1-9-20-11-14/h1-11H,12H2,(H,22,23). The molecule has 0 unspecified atom stereocenters. The largest absolute Gasteiger partial charge is 0.348 e. The van der Waals surface area contributed by atoms with Gasteiger partial charge in [-0.15, -0.1) is 0 Å². The van der Waals surface area contributed by atoms with Crippen LogP contribution in [-0.4, -0.2) is 15.9 Å². The summed E-state index contributed by atoms with van der Waals surface area (Å²) in [6.45, 7) is 0.388. The highest BCUT2D eigenvalue weighted by atomic mass is 35.5. The molecule has 0 bridgehead atoms. The molecule has 5 heteroatoms. The third-order valence-corrected chi connectivity index (χ3v) is 3.62. The van der Waals surface area contributed by atoms with Crippen molar-refractivity contribution in [2.24, 2.45) is 0 Å². The van der Waals surface area contributed by atoms with E-state index in [0.717, 1.165) is 16.8 Å². The van der Waals surface area contributed by atoms with Gasteiger partial charge in [0.1, 0.15) is 0 Å². The first-order chi connectivity index (χ1) is 11.2. The SMILES string of the molecule is O=C(NCc1cccnc1-c1cccnc1)c1ccc(Cl)cc1. The van der Waals surface area contributed by atoms with Gasteiger partial charge in [0.2, 0.25) is 0 Å². The molecule has 1 aromatic carbocycles. The molecule has 23 heavy (non-hydrogen) atoms. The number of rotatable bonds is 4. The fourth-order valence-corrected chi connectivity index (χ4v) is 2.35. The number of hydrogen-bond acceptors (Lipinski definition) is 3. The molecule has 4 nitrogen and oxygen atoms in total. The normalized spacial score (nSPS) is 10.3. The lowest BCUT2D eigenvalue weighted by Crippen LogP contribution is -2.23. The molecule has 0 aliphatic carbocycles. The van der Waals surface area contributed by atoms with Gasteiger partial charge in [0.05, 0.1) is 5.69 Å². The highest BCUT2D eigenvalue weighted by Gasteiger charge is 2.09. The Morgan fingerprint density at radius 3 is 2.57 bits per heavy atom. The zero-order valence-corrected chi connectivity index (χ0v) is 13.0. The van der Waals surface area contributed by atoms with Gasteiger partial charge < -0.3 is 5.32 Å². The third-order valence-electron chi connectivity index (χ3n) is 3.37. The van der Waals surface area contributed by atoms with Crippen LogP contribution in [0.4, 0.5) is 0 Å². The van der Waals surface area contributed by atoms with Gasteiger partial charge in [-0.1, -0.05) is 17.7 Å². The second-order valence-corrected chi connectivity index (χ2v) is 5.38. The van der Waals surface area contributed by atoms with E-state index in [1.165, 1.54) is 0 Å². The molecule has 2 heterocycles. The van der Waals surface area contributed by atoms with E-state index in [2.05, 4.69) is 15.3 Å². The van der Waals surface area contributed by atoms with Gasteiger partial charge in [0.15, 0.2) is 0 Å². The van der Waals surface area contributed by atoms with Crippen molar-refractivity contribution in [2.45, 2.75) is 6.54 Å². The lowest BCUT2D eigenvalue weighted by molar-refractivity contribution is 0.0951. The van der Waals surface area contributed by atoms with Crippen LogP contribution in [-0.2, 0) is 6.54 Å². The number of aromatic nitrogens is 2. The highest BCUT2D eigenvalue weighted by molar-refractivity contribution is 6.30. The molecule has 3 aromatic rings. The zero-order valence-electron chi connectivity index (χ0n) is 12.2. The van der Waals surface area contributed by atoms with E-state index in [9.17, 15) is 4.79 Å². The van der Waals surface area contributed by atoms with Crippen LogP contribution < -0.4 is 5.32 Å². The molecular formula is C18H14ClN3O. The first-order valence-electron chi connectivity index (χ1n) is 7.12. The minimum absolute atomic E-state index is 0.150. The molecule has 3 rings (SSSR count). The van der Waals surface area contributed by atoms with Crippen LogP contribution in [0.25, 0.3) is 11.3 Å². The van der Waals surface area contributed by atoms with Gasteiger partial charge in [-0.25, -0.2) is 0 Å². The Morgan fingerprint density at radius 1 is 1.04 bits per heavy atom. The molecule has 0 spiro atoms. The summed E-state index contributed by atoms with van der Waals surface area (Å²) >= 11 is 5.83. The van der Waals surface area contributed by atoms with Crippen molar-refractivity contribution >= 4 is 17.5 Å². The molecule has 0 saturated carbocycles. The van der Waals surface area contributed by atoms with Gasteiger partial charge in [0, 0.05) is 41.3 Å². The molecule has 0 atom stereocenters. The second-order valence-electron chi connectivity index (χ2n) is 4.94. The molecule has 0 aliphatic heterocycles. The third kappa shape index (κ3) is 3.73. The predicted octanol–water partition coefficient (Wildman–Crippen LogP) is 3.73. The minimum Gasteiger partial charge on any atom is -0.348 e. The van der Waals surface area contributed by atoms with Crippen LogP contribution >= 0.6 is 11.6 Å². The summed E-state index contributed by atoms with van der Waals surface area (Å²) in [5.74, 6) is -0.150. The Balaban J connectivity index is 1.76. The topological polar surface area (TPSA) is 54.9 Å². The maximum Gasteiger partial charge on any atom is 0.251 e. The van der Waals surface area contributed by atoms with Crippen LogP contribution in [0.2, 0.25) is 5.02 Å². The van der Waals surface area contributed by atoms with Gasteiger partial charge in [-0.05, 0) is 48.0 Å². The zero-order chi connectivity index (χ0) is 16.1. The molecule has 1 N–H and O–H groups in total. The van der Waals surface area contributed by atoms with Crippen LogP contribution in [0.1, 0.15) is 15.9 Å². The van der Waals surface area contributed by atoms with Crippen molar-refractivity contribution in [1.29, 1.82) is 0 Å². The molecule has 0 aliphatic rings. The van der Waals surface area contributed by atoms with E-state index in [1.54, 1.807) is 42.9 Å². The van der Waals surface area contributed by atoms with E-state index < -0.39 is 0 Å². The molecule has 0 fully saturated rings. The highest BCUT2D eigenvalue weighted by Crippen LogP contribution is 2.20. The molecular weight excluding hydrogens is 310 g/mol. The Bertz CT molecular complexity index is 804. The van der Waals surface area contributed by atoms with E-state index in [4.69, 9.17) is 11.6 Å². The number of pyridine rings is 2. The molecule has 0 radical (unpaired) electrons. The Kier molecular flexibility index (Phi) is 4.64. The maximum atomic E-state index is 12.2. The van der Waals surface area contributed by atoms with Gasteiger partial charge >= 0.3 is 0 Å². The number of amides is 1. The number of carbonyl (C=O) groups is 1. The van der Waals surface area contributed by atoms with Crippen molar-refractivity contribution in [2.75, 3.05) is 0 Å². The molecule has 2 aromatic heterocycles. The summed E-state index contributed by atoms with van der Waals surface area (Å²) in [6, 6.07) is 14.4. The number of benzene rings is 1. The van der Waals surface area contributed by atoms with Crippen LogP contribution in [0.3, 0.4) is 0 Å². The first kappa shape index (κ1) is 15.2. The lowest BCUT2D eigenvalue weighted by Gasteiger charge is -2.10. The fourth-order valence-electron chi connectivity index (χ4n) is 2.22. The quantitative estimate of drug-likeness (QED) is 0.796. The molecule has 114 valence electrons. The summed E-state index contributed by atoms with van der Waals surface area (Å²) in [5.41, 5.74) is 3.24. The van der Waals surface area contributed by atoms with E-state index in [1.807, 2.05) is 24.3 Å². The summed E-state index contributed by atoms with van der Waals surface area (Å²) in [5, 5.41) is 3.51. The number of halogens is 1. The van der Waals surface area contributed by atoms with Crippen molar-refractivity contribution in [1.82, 2.24) is 15.3 Å². The van der Waals surface area contributed by atoms with E-state index in [-0.39, 0.29) is 5.91 Å². The minimum atomic E-state index is -0.150. The Hall–Kier alpha value is -2.72. The first-order valence-corrected chi connectivity index (χ1v) is 7.50. The number of nitrogens with zero attached hydrogens (tertiary/aromatic N) is 2. The predicted molar refractivity (Wildman–Crippen MR) is 90.1 cm³/mol. The second kappa shape index (κ2) is 7.03. The van der Waals surface area contributed by atoms with E-state index in [0.29, 0.717) is 17.1 Å². The van der Waals surface area contributed by atoms with Gasteiger partial charge in [-0.2, -0.15) is 0 Å².